The Hall–Kier alpha value is -4.79. The van der Waals surface area contributed by atoms with Crippen LogP contribution in [-0.4, -0.2) is 63.5 Å². The van der Waals surface area contributed by atoms with Gasteiger partial charge in [-0.05, 0) is 36.4 Å². The summed E-state index contributed by atoms with van der Waals surface area (Å²) >= 11 is 0. The molecule has 3 heterocycles. The van der Waals surface area contributed by atoms with Crippen LogP contribution in [0.1, 0.15) is 20.7 Å². The quantitative estimate of drug-likeness (QED) is 0.296. The summed E-state index contributed by atoms with van der Waals surface area (Å²) in [5.41, 5.74) is 2.55. The molecule has 3 aromatic carbocycles. The minimum absolute atomic E-state index is 0.0102. The smallest absolute Gasteiger partial charge is 0.295 e. The zero-order valence-electron chi connectivity index (χ0n) is 19.6. The van der Waals surface area contributed by atoms with E-state index >= 15 is 0 Å². The monoisotopic (exact) mass is 496 g/mol. The van der Waals surface area contributed by atoms with Crippen molar-refractivity contribution in [3.63, 3.8) is 0 Å². The van der Waals surface area contributed by atoms with Gasteiger partial charge in [-0.15, -0.1) is 0 Å². The summed E-state index contributed by atoms with van der Waals surface area (Å²) in [6, 6.07) is 18.9. The first-order chi connectivity index (χ1) is 18.0. The van der Waals surface area contributed by atoms with Crippen LogP contribution in [0.5, 0.6) is 0 Å². The molecular formula is C28H21FN4O4. The molecule has 184 valence electrons. The van der Waals surface area contributed by atoms with Crippen LogP contribution in [0.15, 0.2) is 77.3 Å². The Bertz CT molecular complexity index is 1630. The molecule has 1 fully saturated rings. The number of benzene rings is 3. The van der Waals surface area contributed by atoms with E-state index in [4.69, 9.17) is 4.42 Å². The Morgan fingerprint density at radius 3 is 2.32 bits per heavy atom. The largest absolute Gasteiger partial charge is 0.436 e. The van der Waals surface area contributed by atoms with E-state index in [1.807, 2.05) is 18.2 Å². The number of hydrogen-bond acceptors (Lipinski definition) is 5. The Morgan fingerprint density at radius 1 is 0.865 bits per heavy atom. The van der Waals surface area contributed by atoms with E-state index in [1.54, 1.807) is 41.3 Å². The van der Waals surface area contributed by atoms with E-state index < -0.39 is 17.5 Å². The number of Topliss-reactive ketones (excluding diaryl/α,β-unsaturated/α-hetero) is 1. The van der Waals surface area contributed by atoms with Crippen molar-refractivity contribution in [2.45, 2.75) is 0 Å². The second-order valence-electron chi connectivity index (χ2n) is 8.81. The van der Waals surface area contributed by atoms with Crippen LogP contribution in [0.4, 0.5) is 4.39 Å². The Labute approximate surface area is 210 Å². The number of carbonyl (C=O) groups is 3. The number of aromatic nitrogens is 2. The van der Waals surface area contributed by atoms with Gasteiger partial charge in [0.2, 0.25) is 5.89 Å². The van der Waals surface area contributed by atoms with Crippen molar-refractivity contribution in [1.82, 2.24) is 19.8 Å². The number of para-hydroxylation sites is 2. The number of rotatable bonds is 4. The van der Waals surface area contributed by atoms with Crippen LogP contribution in [-0.2, 0) is 4.79 Å². The molecule has 1 saturated heterocycles. The van der Waals surface area contributed by atoms with Crippen molar-refractivity contribution >= 4 is 39.6 Å². The van der Waals surface area contributed by atoms with Crippen LogP contribution in [0, 0.1) is 5.82 Å². The molecular weight excluding hydrogens is 475 g/mol. The van der Waals surface area contributed by atoms with Gasteiger partial charge in [0.15, 0.2) is 5.58 Å². The molecule has 0 aliphatic carbocycles. The predicted octanol–water partition coefficient (Wildman–Crippen LogP) is 4.28. The number of hydrogen-bond donors (Lipinski definition) is 1. The number of amides is 2. The highest BCUT2D eigenvalue weighted by Gasteiger charge is 2.31. The van der Waals surface area contributed by atoms with E-state index in [0.29, 0.717) is 40.8 Å². The van der Waals surface area contributed by atoms with Crippen LogP contribution in [0.3, 0.4) is 0 Å². The van der Waals surface area contributed by atoms with Crippen LogP contribution in [0.2, 0.25) is 0 Å². The van der Waals surface area contributed by atoms with E-state index in [2.05, 4.69) is 9.97 Å². The summed E-state index contributed by atoms with van der Waals surface area (Å²) in [6.45, 7) is 1.03. The summed E-state index contributed by atoms with van der Waals surface area (Å²) in [7, 11) is 0. The molecule has 0 spiro atoms. The lowest BCUT2D eigenvalue weighted by Gasteiger charge is -2.34. The van der Waals surface area contributed by atoms with Crippen molar-refractivity contribution in [2.24, 2.45) is 0 Å². The zero-order valence-corrected chi connectivity index (χ0v) is 19.6. The molecule has 9 heteroatoms. The van der Waals surface area contributed by atoms with E-state index in [1.165, 1.54) is 23.2 Å². The fourth-order valence-corrected chi connectivity index (χ4v) is 4.69. The van der Waals surface area contributed by atoms with Gasteiger partial charge >= 0.3 is 0 Å². The van der Waals surface area contributed by atoms with E-state index in [9.17, 15) is 18.8 Å². The normalized spacial score (nSPS) is 13.9. The number of ketones is 1. The maximum atomic E-state index is 15.0. The second-order valence-corrected chi connectivity index (χ2v) is 8.81. The standard InChI is InChI=1S/C28H21FN4O4/c29-20-11-10-18(26-31-21-8-4-5-9-22(21)37-26)24-23(20)19(16-30-24)25(34)28(36)33-14-12-32(13-15-33)27(35)17-6-2-1-3-7-17/h1-11,16,30H,12-15H2. The highest BCUT2D eigenvalue weighted by atomic mass is 19.1. The molecule has 0 saturated carbocycles. The Balaban J connectivity index is 1.24. The maximum absolute atomic E-state index is 15.0. The number of piperazine rings is 1. The van der Waals surface area contributed by atoms with Crippen LogP contribution in [0.25, 0.3) is 33.5 Å². The molecule has 2 aromatic heterocycles. The maximum Gasteiger partial charge on any atom is 0.295 e. The zero-order chi connectivity index (χ0) is 25.5. The van der Waals surface area contributed by atoms with Crippen molar-refractivity contribution in [3.05, 3.63) is 89.9 Å². The van der Waals surface area contributed by atoms with Crippen molar-refractivity contribution in [3.8, 4) is 11.5 Å². The first-order valence-electron chi connectivity index (χ1n) is 11.8. The second kappa shape index (κ2) is 9.02. The van der Waals surface area contributed by atoms with Crippen LogP contribution >= 0.6 is 0 Å². The molecule has 6 rings (SSSR count). The van der Waals surface area contributed by atoms with Gasteiger partial charge in [-0.2, -0.15) is 0 Å². The average Bonchev–Trinajstić information content (AvgIpc) is 3.58. The molecule has 0 unspecified atom stereocenters. The summed E-state index contributed by atoms with van der Waals surface area (Å²) in [5, 5.41) is 0.0102. The van der Waals surface area contributed by atoms with Crippen molar-refractivity contribution < 1.29 is 23.2 Å². The van der Waals surface area contributed by atoms with Gasteiger partial charge < -0.3 is 19.2 Å². The molecule has 5 aromatic rings. The number of H-pyrrole nitrogens is 1. The summed E-state index contributed by atoms with van der Waals surface area (Å²) in [4.78, 5) is 49.4. The third kappa shape index (κ3) is 3.94. The summed E-state index contributed by atoms with van der Waals surface area (Å²) in [6.07, 6.45) is 1.34. The van der Waals surface area contributed by atoms with E-state index in [0.717, 1.165) is 0 Å². The predicted molar refractivity (Wildman–Crippen MR) is 135 cm³/mol. The molecule has 2 amide bonds. The van der Waals surface area contributed by atoms with Gasteiger partial charge in [0.05, 0.1) is 16.6 Å². The van der Waals surface area contributed by atoms with Crippen molar-refractivity contribution in [2.75, 3.05) is 26.2 Å². The van der Waals surface area contributed by atoms with Gasteiger partial charge in [-0.25, -0.2) is 9.37 Å². The molecule has 37 heavy (non-hydrogen) atoms. The molecule has 1 N–H and O–H groups in total. The number of halogens is 1. The van der Waals surface area contributed by atoms with Gasteiger partial charge in [0, 0.05) is 43.3 Å². The third-order valence-corrected chi connectivity index (χ3v) is 6.62. The number of aromatic amines is 1. The lowest BCUT2D eigenvalue weighted by Crippen LogP contribution is -2.52. The lowest BCUT2D eigenvalue weighted by molar-refractivity contribution is -0.127. The number of oxazole rings is 1. The number of carbonyl (C=O) groups excluding carboxylic acids is 3. The summed E-state index contributed by atoms with van der Waals surface area (Å²) < 4.78 is 20.8. The fraction of sp³-hybridized carbons (Fsp3) is 0.143. The van der Waals surface area contributed by atoms with Gasteiger partial charge in [-0.1, -0.05) is 30.3 Å². The topological polar surface area (TPSA) is 99.5 Å². The van der Waals surface area contributed by atoms with Crippen molar-refractivity contribution in [1.29, 1.82) is 0 Å². The molecule has 0 atom stereocenters. The Morgan fingerprint density at radius 2 is 1.57 bits per heavy atom. The SMILES string of the molecule is O=C(C(=O)N1CCN(C(=O)c2ccccc2)CC1)c1c[nH]c2c(-c3nc4ccccc4o3)ccc(F)c12. The fourth-order valence-electron chi connectivity index (χ4n) is 4.69. The van der Waals surface area contributed by atoms with Gasteiger partial charge in [-0.3, -0.25) is 14.4 Å². The molecule has 1 aliphatic rings. The van der Waals surface area contributed by atoms with Gasteiger partial charge in [0.25, 0.3) is 17.6 Å². The molecule has 0 radical (unpaired) electrons. The lowest BCUT2D eigenvalue weighted by atomic mass is 10.0. The van der Waals surface area contributed by atoms with Gasteiger partial charge in [0.1, 0.15) is 11.3 Å². The molecule has 1 aliphatic heterocycles. The number of fused-ring (bicyclic) bond motifs is 2. The highest BCUT2D eigenvalue weighted by molar-refractivity contribution is 6.45. The number of nitrogens with one attached hydrogen (secondary N) is 1. The number of nitrogens with zero attached hydrogens (tertiary/aromatic N) is 3. The minimum Gasteiger partial charge on any atom is -0.436 e. The minimum atomic E-state index is -0.817. The first-order valence-corrected chi connectivity index (χ1v) is 11.8. The summed E-state index contributed by atoms with van der Waals surface area (Å²) in [5.74, 6) is -2.03. The Kier molecular flexibility index (Phi) is 5.52. The van der Waals surface area contributed by atoms with Crippen LogP contribution < -0.4 is 0 Å². The average molecular weight is 496 g/mol. The molecule has 8 nitrogen and oxygen atoms in total. The van der Waals surface area contributed by atoms with E-state index in [-0.39, 0.29) is 35.8 Å². The third-order valence-electron chi connectivity index (χ3n) is 6.62. The first kappa shape index (κ1) is 22.7. The highest BCUT2D eigenvalue weighted by Crippen LogP contribution is 2.33. The molecule has 0 bridgehead atoms.